The Balaban J connectivity index is 3.57. The quantitative estimate of drug-likeness (QED) is 0.505. The molecule has 0 fully saturated rings. The van der Waals surface area contributed by atoms with Gasteiger partial charge in [-0.05, 0) is 6.07 Å². The van der Waals surface area contributed by atoms with Crippen molar-refractivity contribution in [2.45, 2.75) is 0 Å². The van der Waals surface area contributed by atoms with Crippen LogP contribution in [-0.4, -0.2) is 24.0 Å². The van der Waals surface area contributed by atoms with E-state index in [9.17, 15) is 18.4 Å². The van der Waals surface area contributed by atoms with Gasteiger partial charge in [-0.1, -0.05) is 11.6 Å². The summed E-state index contributed by atoms with van der Waals surface area (Å²) in [5.74, 6) is -6.78. The van der Waals surface area contributed by atoms with Gasteiger partial charge in [0, 0.05) is 0 Å². The van der Waals surface area contributed by atoms with E-state index in [-0.39, 0.29) is 0 Å². The molecule has 1 aromatic rings. The number of carboxylic acids is 1. The number of ketones is 1. The zero-order chi connectivity index (χ0) is 12.5. The maximum Gasteiger partial charge on any atom is 0.377 e. The summed E-state index contributed by atoms with van der Waals surface area (Å²) < 4.78 is 31.0. The van der Waals surface area contributed by atoms with Crippen LogP contribution in [0.3, 0.4) is 0 Å². The molecule has 4 nitrogen and oxygen atoms in total. The second-order valence-corrected chi connectivity index (χ2v) is 3.10. The van der Waals surface area contributed by atoms with Gasteiger partial charge in [0.05, 0.1) is 12.1 Å². The number of benzene rings is 1. The molecule has 0 aliphatic rings. The first kappa shape index (κ1) is 12.4. The SMILES string of the molecule is COc1c(F)cc(Cl)c(F)c1C(=O)C(=O)O. The first-order chi connectivity index (χ1) is 7.40. The van der Waals surface area contributed by atoms with Crippen molar-refractivity contribution in [1.29, 1.82) is 0 Å². The van der Waals surface area contributed by atoms with Gasteiger partial charge in [-0.15, -0.1) is 0 Å². The fourth-order valence-electron chi connectivity index (χ4n) is 1.09. The molecule has 0 radical (unpaired) electrons. The first-order valence-corrected chi connectivity index (χ1v) is 4.27. The molecule has 0 bridgehead atoms. The summed E-state index contributed by atoms with van der Waals surface area (Å²) in [5, 5.41) is 7.73. The van der Waals surface area contributed by atoms with Gasteiger partial charge in [-0.3, -0.25) is 4.79 Å². The maximum absolute atomic E-state index is 13.4. The minimum absolute atomic E-state index is 0.592. The Morgan fingerprint density at radius 3 is 2.44 bits per heavy atom. The Morgan fingerprint density at radius 2 is 2.00 bits per heavy atom. The van der Waals surface area contributed by atoms with Crippen LogP contribution in [0.15, 0.2) is 6.07 Å². The second-order valence-electron chi connectivity index (χ2n) is 2.70. The number of carboxylic acid groups (broad SMARTS) is 1. The van der Waals surface area contributed by atoms with Gasteiger partial charge < -0.3 is 9.84 Å². The molecule has 0 aliphatic heterocycles. The van der Waals surface area contributed by atoms with E-state index >= 15 is 0 Å². The molecule has 7 heteroatoms. The highest BCUT2D eigenvalue weighted by Crippen LogP contribution is 2.30. The predicted molar refractivity (Wildman–Crippen MR) is 49.9 cm³/mol. The summed E-state index contributed by atoms with van der Waals surface area (Å²) in [6, 6.07) is 0.592. The monoisotopic (exact) mass is 250 g/mol. The zero-order valence-electron chi connectivity index (χ0n) is 7.88. The minimum Gasteiger partial charge on any atom is -0.493 e. The molecule has 0 saturated heterocycles. The first-order valence-electron chi connectivity index (χ1n) is 3.89. The Morgan fingerprint density at radius 1 is 1.44 bits per heavy atom. The molecule has 0 aliphatic carbocycles. The van der Waals surface area contributed by atoms with Gasteiger partial charge in [-0.2, -0.15) is 0 Å². The third-order valence-corrected chi connectivity index (χ3v) is 2.03. The van der Waals surface area contributed by atoms with E-state index < -0.39 is 39.7 Å². The summed E-state index contributed by atoms with van der Waals surface area (Å²) in [5.41, 5.74) is -1.03. The smallest absolute Gasteiger partial charge is 0.377 e. The standard InChI is InChI=1S/C9H5ClF2O4/c1-16-8-4(11)2-3(10)6(12)5(8)7(13)9(14)15/h2H,1H3,(H,14,15). The van der Waals surface area contributed by atoms with Crippen molar-refractivity contribution < 1.29 is 28.2 Å². The molecular weight excluding hydrogens is 246 g/mol. The highest BCUT2D eigenvalue weighted by molar-refractivity contribution is 6.41. The number of ether oxygens (including phenoxy) is 1. The lowest BCUT2D eigenvalue weighted by Gasteiger charge is -2.08. The van der Waals surface area contributed by atoms with Crippen LogP contribution in [0.4, 0.5) is 8.78 Å². The minimum atomic E-state index is -1.93. The summed E-state index contributed by atoms with van der Waals surface area (Å²) in [4.78, 5) is 21.5. The lowest BCUT2D eigenvalue weighted by Crippen LogP contribution is -2.16. The van der Waals surface area contributed by atoms with Crippen LogP contribution in [0.1, 0.15) is 10.4 Å². The number of hydrogen-bond acceptors (Lipinski definition) is 3. The van der Waals surface area contributed by atoms with Crippen molar-refractivity contribution in [3.05, 3.63) is 28.3 Å². The molecule has 1 N–H and O–H groups in total. The van der Waals surface area contributed by atoms with Crippen molar-refractivity contribution in [3.63, 3.8) is 0 Å². The van der Waals surface area contributed by atoms with Gasteiger partial charge in [-0.25, -0.2) is 13.6 Å². The fraction of sp³-hybridized carbons (Fsp3) is 0.111. The lowest BCUT2D eigenvalue weighted by atomic mass is 10.1. The maximum atomic E-state index is 13.4. The predicted octanol–water partition coefficient (Wildman–Crippen LogP) is 1.89. The molecule has 0 heterocycles. The van der Waals surface area contributed by atoms with Crippen molar-refractivity contribution in [3.8, 4) is 5.75 Å². The van der Waals surface area contributed by atoms with Crippen molar-refractivity contribution in [2.24, 2.45) is 0 Å². The molecule has 0 amide bonds. The van der Waals surface area contributed by atoms with Crippen LogP contribution in [0.5, 0.6) is 5.75 Å². The number of carbonyl (C=O) groups is 2. The number of methoxy groups -OCH3 is 1. The summed E-state index contributed by atoms with van der Waals surface area (Å²) >= 11 is 5.28. The normalized spacial score (nSPS) is 10.0. The molecule has 1 rings (SSSR count). The number of Topliss-reactive ketones (excluding diaryl/α,β-unsaturated/α-hetero) is 1. The van der Waals surface area contributed by atoms with Crippen LogP contribution >= 0.6 is 11.6 Å². The van der Waals surface area contributed by atoms with E-state index in [0.717, 1.165) is 7.11 Å². The molecule has 0 atom stereocenters. The molecule has 0 spiro atoms. The molecule has 0 saturated carbocycles. The van der Waals surface area contributed by atoms with Gasteiger partial charge >= 0.3 is 5.97 Å². The Labute approximate surface area is 93.4 Å². The number of hydrogen-bond donors (Lipinski definition) is 1. The molecular formula is C9H5ClF2O4. The highest BCUT2D eigenvalue weighted by atomic mass is 35.5. The van der Waals surface area contributed by atoms with Crippen LogP contribution < -0.4 is 4.74 Å². The second kappa shape index (κ2) is 4.44. The average molecular weight is 251 g/mol. The molecule has 1 aromatic carbocycles. The van der Waals surface area contributed by atoms with Crippen molar-refractivity contribution >= 4 is 23.4 Å². The van der Waals surface area contributed by atoms with Gasteiger partial charge in [0.25, 0.3) is 5.78 Å². The highest BCUT2D eigenvalue weighted by Gasteiger charge is 2.28. The third kappa shape index (κ3) is 1.96. The van der Waals surface area contributed by atoms with Crippen LogP contribution in [0.25, 0.3) is 0 Å². The van der Waals surface area contributed by atoms with Crippen LogP contribution in [0.2, 0.25) is 5.02 Å². The number of halogens is 3. The van der Waals surface area contributed by atoms with E-state index in [4.69, 9.17) is 16.7 Å². The number of carbonyl (C=O) groups excluding carboxylic acids is 1. The largest absolute Gasteiger partial charge is 0.493 e. The van der Waals surface area contributed by atoms with E-state index in [2.05, 4.69) is 4.74 Å². The lowest BCUT2D eigenvalue weighted by molar-refractivity contribution is -0.131. The van der Waals surface area contributed by atoms with Crippen molar-refractivity contribution in [2.75, 3.05) is 7.11 Å². The van der Waals surface area contributed by atoms with E-state index in [1.165, 1.54) is 0 Å². The van der Waals surface area contributed by atoms with E-state index in [1.54, 1.807) is 0 Å². The van der Waals surface area contributed by atoms with Gasteiger partial charge in [0.1, 0.15) is 5.56 Å². The van der Waals surface area contributed by atoms with Crippen LogP contribution in [0, 0.1) is 11.6 Å². The molecule has 86 valence electrons. The van der Waals surface area contributed by atoms with E-state index in [0.29, 0.717) is 6.07 Å². The molecule has 0 aromatic heterocycles. The summed E-state index contributed by atoms with van der Waals surface area (Å²) in [6.45, 7) is 0. The van der Waals surface area contributed by atoms with Crippen LogP contribution in [-0.2, 0) is 4.79 Å². The summed E-state index contributed by atoms with van der Waals surface area (Å²) in [6.07, 6.45) is 0. The number of rotatable bonds is 3. The topological polar surface area (TPSA) is 63.6 Å². The Bertz CT molecular complexity index is 473. The number of aliphatic carboxylic acids is 1. The van der Waals surface area contributed by atoms with E-state index in [1.807, 2.05) is 0 Å². The third-order valence-electron chi connectivity index (χ3n) is 1.75. The Kier molecular flexibility index (Phi) is 3.44. The average Bonchev–Trinajstić information content (AvgIpc) is 2.21. The summed E-state index contributed by atoms with van der Waals surface area (Å²) in [7, 11) is 0.977. The fourth-order valence-corrected chi connectivity index (χ4v) is 1.28. The molecule has 0 unspecified atom stereocenters. The molecule has 16 heavy (non-hydrogen) atoms. The zero-order valence-corrected chi connectivity index (χ0v) is 8.64. The van der Waals surface area contributed by atoms with Crippen molar-refractivity contribution in [1.82, 2.24) is 0 Å². The Hall–Kier alpha value is -1.69. The van der Waals surface area contributed by atoms with Gasteiger partial charge in [0.2, 0.25) is 0 Å². The van der Waals surface area contributed by atoms with Gasteiger partial charge in [0.15, 0.2) is 17.4 Å².